The van der Waals surface area contributed by atoms with E-state index in [4.69, 9.17) is 9.47 Å². The molecule has 10 heteroatoms. The third kappa shape index (κ3) is 6.71. The quantitative estimate of drug-likeness (QED) is 0.488. The number of hydrogen-bond donors (Lipinski definition) is 1. The van der Waals surface area contributed by atoms with Crippen LogP contribution in [0.1, 0.15) is 44.9 Å². The first-order chi connectivity index (χ1) is 19.6. The summed E-state index contributed by atoms with van der Waals surface area (Å²) in [5.74, 6) is -2.79. The highest BCUT2D eigenvalue weighted by Crippen LogP contribution is 2.27. The van der Waals surface area contributed by atoms with Crippen molar-refractivity contribution in [3.8, 4) is 5.75 Å². The molecule has 1 N–H and O–H groups in total. The predicted molar refractivity (Wildman–Crippen MR) is 150 cm³/mol. The second-order valence-electron chi connectivity index (χ2n) is 10.2. The van der Waals surface area contributed by atoms with Crippen LogP contribution in [0.4, 0.5) is 14.5 Å². The van der Waals surface area contributed by atoms with E-state index in [0.29, 0.717) is 0 Å². The standard InChI is InChI=1S/C31H33F2N3O5/c1-19-16-36(31(39)23-10-6-8-12-26(23)33)20(2)18-41-27-14-13-21(34-29(37)22-9-5-7-11-25(22)32)15-24(27)30(38)35(3)17-28(19)40-4/h5-15,19-20,28H,16-18H2,1-4H3,(H,34,37)/t19-,20+,28+/m0/s1. The number of ether oxygens (including phenoxy) is 2. The van der Waals surface area contributed by atoms with E-state index < -0.39 is 35.6 Å². The number of fused-ring (bicyclic) bond motifs is 1. The molecule has 1 heterocycles. The lowest BCUT2D eigenvalue weighted by Crippen LogP contribution is -2.48. The van der Waals surface area contributed by atoms with E-state index in [9.17, 15) is 23.2 Å². The summed E-state index contributed by atoms with van der Waals surface area (Å²) >= 11 is 0. The minimum absolute atomic E-state index is 0.00941. The minimum atomic E-state index is -0.668. The normalized spacial score (nSPS) is 19.9. The molecule has 4 rings (SSSR count). The van der Waals surface area contributed by atoms with Crippen LogP contribution in [0.2, 0.25) is 0 Å². The van der Waals surface area contributed by atoms with Gasteiger partial charge in [-0.3, -0.25) is 14.4 Å². The van der Waals surface area contributed by atoms with Crippen molar-refractivity contribution >= 4 is 23.4 Å². The average Bonchev–Trinajstić information content (AvgIpc) is 2.96. The van der Waals surface area contributed by atoms with Crippen molar-refractivity contribution < 1.29 is 32.6 Å². The Bertz CT molecular complexity index is 1430. The fourth-order valence-electron chi connectivity index (χ4n) is 4.77. The molecule has 3 atom stereocenters. The third-order valence-corrected chi connectivity index (χ3v) is 7.19. The highest BCUT2D eigenvalue weighted by Gasteiger charge is 2.31. The van der Waals surface area contributed by atoms with Crippen molar-refractivity contribution in [3.63, 3.8) is 0 Å². The van der Waals surface area contributed by atoms with Gasteiger partial charge in [0.05, 0.1) is 28.8 Å². The number of hydrogen-bond acceptors (Lipinski definition) is 5. The van der Waals surface area contributed by atoms with Gasteiger partial charge in [-0.05, 0) is 49.4 Å². The van der Waals surface area contributed by atoms with E-state index in [1.807, 2.05) is 6.92 Å². The van der Waals surface area contributed by atoms with Crippen molar-refractivity contribution in [2.75, 3.05) is 39.2 Å². The Hall–Kier alpha value is -4.31. The maximum absolute atomic E-state index is 14.6. The number of rotatable bonds is 4. The Morgan fingerprint density at radius 2 is 1.59 bits per heavy atom. The van der Waals surface area contributed by atoms with Crippen LogP contribution in [0.3, 0.4) is 0 Å². The van der Waals surface area contributed by atoms with E-state index in [1.165, 1.54) is 60.5 Å². The summed E-state index contributed by atoms with van der Waals surface area (Å²) < 4.78 is 40.5. The van der Waals surface area contributed by atoms with Gasteiger partial charge < -0.3 is 24.6 Å². The predicted octanol–water partition coefficient (Wildman–Crippen LogP) is 4.86. The molecule has 0 fully saturated rings. The lowest BCUT2D eigenvalue weighted by Gasteiger charge is -2.36. The third-order valence-electron chi connectivity index (χ3n) is 7.19. The molecule has 3 aromatic carbocycles. The molecule has 216 valence electrons. The van der Waals surface area contributed by atoms with Crippen molar-refractivity contribution in [2.24, 2.45) is 5.92 Å². The number of benzene rings is 3. The molecule has 1 aliphatic rings. The Morgan fingerprint density at radius 3 is 2.22 bits per heavy atom. The first-order valence-electron chi connectivity index (χ1n) is 13.3. The molecule has 0 aliphatic carbocycles. The van der Waals surface area contributed by atoms with Crippen LogP contribution in [0.15, 0.2) is 66.7 Å². The molecule has 0 saturated carbocycles. The molecular weight excluding hydrogens is 532 g/mol. The van der Waals surface area contributed by atoms with Crippen LogP contribution in [-0.4, -0.2) is 73.5 Å². The molecule has 0 bridgehead atoms. The molecule has 8 nitrogen and oxygen atoms in total. The maximum atomic E-state index is 14.6. The van der Waals surface area contributed by atoms with Crippen LogP contribution < -0.4 is 10.1 Å². The number of nitrogens with zero attached hydrogens (tertiary/aromatic N) is 2. The average molecular weight is 566 g/mol. The van der Waals surface area contributed by atoms with Crippen LogP contribution >= 0.6 is 0 Å². The zero-order chi connectivity index (χ0) is 29.7. The van der Waals surface area contributed by atoms with E-state index in [-0.39, 0.29) is 59.6 Å². The second kappa shape index (κ2) is 12.9. The maximum Gasteiger partial charge on any atom is 0.258 e. The van der Waals surface area contributed by atoms with Crippen molar-refractivity contribution in [3.05, 3.63) is 95.1 Å². The highest BCUT2D eigenvalue weighted by molar-refractivity contribution is 6.05. The van der Waals surface area contributed by atoms with E-state index in [1.54, 1.807) is 37.1 Å². The fourth-order valence-corrected chi connectivity index (χ4v) is 4.77. The molecular formula is C31H33F2N3O5. The first-order valence-corrected chi connectivity index (χ1v) is 13.3. The SMILES string of the molecule is CO[C@@H]1CN(C)C(=O)c2cc(NC(=O)c3ccccc3F)ccc2OC[C@@H](C)N(C(=O)c2ccccc2F)C[C@@H]1C. The van der Waals surface area contributed by atoms with Gasteiger partial charge in [0.25, 0.3) is 17.7 Å². The number of halogens is 2. The number of methoxy groups -OCH3 is 1. The molecule has 3 aromatic rings. The number of carbonyl (C=O) groups is 3. The molecule has 0 unspecified atom stereocenters. The largest absolute Gasteiger partial charge is 0.491 e. The van der Waals surface area contributed by atoms with Gasteiger partial charge in [0.1, 0.15) is 24.0 Å². The summed E-state index contributed by atoms with van der Waals surface area (Å²) in [5, 5.41) is 2.63. The summed E-state index contributed by atoms with van der Waals surface area (Å²) in [6.07, 6.45) is -0.445. The molecule has 1 aliphatic heterocycles. The van der Waals surface area contributed by atoms with Gasteiger partial charge in [-0.25, -0.2) is 8.78 Å². The molecule has 3 amide bonds. The van der Waals surface area contributed by atoms with Gasteiger partial charge in [-0.1, -0.05) is 31.2 Å². The molecule has 0 saturated heterocycles. The van der Waals surface area contributed by atoms with Crippen molar-refractivity contribution in [1.82, 2.24) is 9.80 Å². The smallest absolute Gasteiger partial charge is 0.258 e. The number of carbonyl (C=O) groups excluding carboxylic acids is 3. The summed E-state index contributed by atoms with van der Waals surface area (Å²) in [7, 11) is 3.15. The minimum Gasteiger partial charge on any atom is -0.491 e. The fraction of sp³-hybridized carbons (Fsp3) is 0.323. The van der Waals surface area contributed by atoms with Crippen molar-refractivity contribution in [2.45, 2.75) is 26.0 Å². The molecule has 0 aromatic heterocycles. The van der Waals surface area contributed by atoms with Crippen LogP contribution in [0, 0.1) is 17.6 Å². The monoisotopic (exact) mass is 565 g/mol. The molecule has 0 spiro atoms. The van der Waals surface area contributed by atoms with E-state index in [0.717, 1.165) is 0 Å². The lowest BCUT2D eigenvalue weighted by molar-refractivity contribution is 0.0110. The Labute approximate surface area is 237 Å². The van der Waals surface area contributed by atoms with Gasteiger partial charge >= 0.3 is 0 Å². The van der Waals surface area contributed by atoms with Crippen LogP contribution in [0.25, 0.3) is 0 Å². The second-order valence-corrected chi connectivity index (χ2v) is 10.2. The topological polar surface area (TPSA) is 88.2 Å². The van der Waals surface area contributed by atoms with Gasteiger partial charge in [0.2, 0.25) is 0 Å². The summed E-state index contributed by atoms with van der Waals surface area (Å²) in [6.45, 7) is 4.13. The Morgan fingerprint density at radius 1 is 0.951 bits per heavy atom. The van der Waals surface area contributed by atoms with Crippen LogP contribution in [0.5, 0.6) is 5.75 Å². The summed E-state index contributed by atoms with van der Waals surface area (Å²) in [4.78, 5) is 42.8. The van der Waals surface area contributed by atoms with Crippen LogP contribution in [-0.2, 0) is 4.74 Å². The lowest BCUT2D eigenvalue weighted by atomic mass is 10.0. The Kier molecular flexibility index (Phi) is 9.34. The number of nitrogens with one attached hydrogen (secondary N) is 1. The molecule has 0 radical (unpaired) electrons. The summed E-state index contributed by atoms with van der Waals surface area (Å²) in [6, 6.07) is 15.5. The van der Waals surface area contributed by atoms with Gasteiger partial charge in [0.15, 0.2) is 0 Å². The number of likely N-dealkylation sites (N-methyl/N-ethyl adjacent to an activating group) is 1. The van der Waals surface area contributed by atoms with Gasteiger partial charge in [-0.15, -0.1) is 0 Å². The number of anilines is 1. The highest BCUT2D eigenvalue weighted by atomic mass is 19.1. The van der Waals surface area contributed by atoms with Gasteiger partial charge in [0, 0.05) is 38.9 Å². The van der Waals surface area contributed by atoms with Crippen molar-refractivity contribution in [1.29, 1.82) is 0 Å². The number of amides is 3. The zero-order valence-electron chi connectivity index (χ0n) is 23.4. The molecule has 41 heavy (non-hydrogen) atoms. The first kappa shape index (κ1) is 29.7. The van der Waals surface area contributed by atoms with Gasteiger partial charge in [-0.2, -0.15) is 0 Å². The Balaban J connectivity index is 1.67. The van der Waals surface area contributed by atoms with E-state index >= 15 is 0 Å². The van der Waals surface area contributed by atoms with E-state index in [2.05, 4.69) is 5.32 Å². The summed E-state index contributed by atoms with van der Waals surface area (Å²) in [5.41, 5.74) is 0.262. The zero-order valence-corrected chi connectivity index (χ0v) is 23.4.